The summed E-state index contributed by atoms with van der Waals surface area (Å²) < 4.78 is 21.1. The van der Waals surface area contributed by atoms with Gasteiger partial charge in [-0.1, -0.05) is 0 Å². The second kappa shape index (κ2) is 6.51. The quantitative estimate of drug-likeness (QED) is 0.600. The SMILES string of the molecule is CCOP(C)(=O)OCC(CO)CO. The molecule has 13 heavy (non-hydrogen) atoms. The van der Waals surface area contributed by atoms with Gasteiger partial charge in [-0.15, -0.1) is 0 Å². The zero-order valence-electron chi connectivity index (χ0n) is 7.97. The van der Waals surface area contributed by atoms with Crippen LogP contribution in [-0.4, -0.2) is 43.3 Å². The zero-order valence-corrected chi connectivity index (χ0v) is 8.87. The summed E-state index contributed by atoms with van der Waals surface area (Å²) >= 11 is 0. The van der Waals surface area contributed by atoms with Crippen molar-refractivity contribution in [3.8, 4) is 0 Å². The van der Waals surface area contributed by atoms with Crippen molar-refractivity contribution in [3.05, 3.63) is 0 Å². The van der Waals surface area contributed by atoms with Crippen LogP contribution in [0.2, 0.25) is 0 Å². The lowest BCUT2D eigenvalue weighted by Crippen LogP contribution is -2.17. The molecule has 5 nitrogen and oxygen atoms in total. The van der Waals surface area contributed by atoms with Crippen LogP contribution in [-0.2, 0) is 13.6 Å². The molecule has 80 valence electrons. The Morgan fingerprint density at radius 1 is 1.31 bits per heavy atom. The normalized spacial score (nSPS) is 16.1. The van der Waals surface area contributed by atoms with Crippen LogP contribution < -0.4 is 0 Å². The highest BCUT2D eigenvalue weighted by molar-refractivity contribution is 7.52. The van der Waals surface area contributed by atoms with Crippen LogP contribution >= 0.6 is 7.60 Å². The first-order valence-electron chi connectivity index (χ1n) is 4.14. The average molecular weight is 212 g/mol. The van der Waals surface area contributed by atoms with Crippen LogP contribution in [0.25, 0.3) is 0 Å². The van der Waals surface area contributed by atoms with Gasteiger partial charge in [0.2, 0.25) is 0 Å². The predicted octanol–water partition coefficient (Wildman–Crippen LogP) is 0.463. The van der Waals surface area contributed by atoms with Crippen LogP contribution in [0.4, 0.5) is 0 Å². The highest BCUT2D eigenvalue weighted by Gasteiger charge is 2.18. The van der Waals surface area contributed by atoms with E-state index in [1.54, 1.807) is 6.92 Å². The van der Waals surface area contributed by atoms with Gasteiger partial charge in [0.25, 0.3) is 0 Å². The maximum absolute atomic E-state index is 11.3. The summed E-state index contributed by atoms with van der Waals surface area (Å²) in [5.41, 5.74) is 0. The average Bonchev–Trinajstić information content (AvgIpc) is 2.06. The Hall–Kier alpha value is 0.0700. The molecule has 1 atom stereocenters. The Kier molecular flexibility index (Phi) is 6.55. The van der Waals surface area contributed by atoms with Crippen LogP contribution in [0.3, 0.4) is 0 Å². The van der Waals surface area contributed by atoms with Gasteiger partial charge in [-0.05, 0) is 6.92 Å². The minimum atomic E-state index is -2.99. The van der Waals surface area contributed by atoms with E-state index in [1.807, 2.05) is 0 Å². The van der Waals surface area contributed by atoms with Gasteiger partial charge in [-0.2, -0.15) is 0 Å². The van der Waals surface area contributed by atoms with E-state index in [0.717, 1.165) is 0 Å². The molecule has 0 amide bonds. The fourth-order valence-electron chi connectivity index (χ4n) is 0.676. The van der Waals surface area contributed by atoms with E-state index in [2.05, 4.69) is 0 Å². The third kappa shape index (κ3) is 6.18. The van der Waals surface area contributed by atoms with E-state index in [-0.39, 0.29) is 19.8 Å². The summed E-state index contributed by atoms with van der Waals surface area (Å²) in [6, 6.07) is 0. The molecule has 0 aliphatic heterocycles. The minimum absolute atomic E-state index is 0.0424. The molecule has 1 unspecified atom stereocenters. The summed E-state index contributed by atoms with van der Waals surface area (Å²) in [5.74, 6) is -0.395. The van der Waals surface area contributed by atoms with E-state index in [0.29, 0.717) is 6.61 Å². The standard InChI is InChI=1S/C7H17O5P/c1-3-11-13(2,10)12-6-7(4-8)5-9/h7-9H,3-6H2,1-2H3. The Morgan fingerprint density at radius 2 is 1.85 bits per heavy atom. The Balaban J connectivity index is 3.78. The third-order valence-electron chi connectivity index (χ3n) is 1.42. The Bertz CT molecular complexity index is 168. The van der Waals surface area contributed by atoms with Crippen molar-refractivity contribution >= 4 is 7.60 Å². The lowest BCUT2D eigenvalue weighted by atomic mass is 10.2. The lowest BCUT2D eigenvalue weighted by molar-refractivity contribution is 0.0965. The molecule has 0 saturated carbocycles. The van der Waals surface area contributed by atoms with Crippen LogP contribution in [0.1, 0.15) is 6.92 Å². The van der Waals surface area contributed by atoms with Crippen molar-refractivity contribution in [3.63, 3.8) is 0 Å². The first-order valence-corrected chi connectivity index (χ1v) is 6.13. The lowest BCUT2D eigenvalue weighted by Gasteiger charge is -2.16. The number of aliphatic hydroxyl groups is 2. The molecule has 0 aliphatic carbocycles. The fourth-order valence-corrected chi connectivity index (χ4v) is 1.70. The van der Waals surface area contributed by atoms with Crippen molar-refractivity contribution in [1.82, 2.24) is 0 Å². The first-order chi connectivity index (χ1) is 6.05. The molecule has 0 rings (SSSR count). The third-order valence-corrected chi connectivity index (χ3v) is 2.77. The Labute approximate surface area is 78.2 Å². The number of hydrogen-bond acceptors (Lipinski definition) is 5. The second-order valence-electron chi connectivity index (χ2n) is 2.72. The van der Waals surface area contributed by atoms with Gasteiger partial charge in [0.15, 0.2) is 0 Å². The van der Waals surface area contributed by atoms with E-state index in [4.69, 9.17) is 19.3 Å². The van der Waals surface area contributed by atoms with Crippen molar-refractivity contribution in [2.24, 2.45) is 5.92 Å². The maximum Gasteiger partial charge on any atom is 0.327 e. The first kappa shape index (κ1) is 13.1. The summed E-state index contributed by atoms with van der Waals surface area (Å²) in [5, 5.41) is 17.4. The van der Waals surface area contributed by atoms with E-state index >= 15 is 0 Å². The number of hydrogen-bond donors (Lipinski definition) is 2. The highest BCUT2D eigenvalue weighted by Crippen LogP contribution is 2.43. The summed E-state index contributed by atoms with van der Waals surface area (Å²) in [6.07, 6.45) is 0. The van der Waals surface area contributed by atoms with E-state index < -0.39 is 13.5 Å². The Morgan fingerprint density at radius 3 is 2.23 bits per heavy atom. The van der Waals surface area contributed by atoms with E-state index in [9.17, 15) is 4.57 Å². The van der Waals surface area contributed by atoms with Crippen molar-refractivity contribution in [1.29, 1.82) is 0 Å². The van der Waals surface area contributed by atoms with Gasteiger partial charge in [-0.3, -0.25) is 4.57 Å². The molecule has 0 fully saturated rings. The smallest absolute Gasteiger partial charge is 0.327 e. The summed E-state index contributed by atoms with van der Waals surface area (Å²) in [6.45, 7) is 3.06. The molecular weight excluding hydrogens is 195 g/mol. The molecule has 0 spiro atoms. The predicted molar refractivity (Wildman–Crippen MR) is 48.8 cm³/mol. The zero-order chi connectivity index (χ0) is 10.3. The number of rotatable bonds is 7. The van der Waals surface area contributed by atoms with Gasteiger partial charge in [-0.25, -0.2) is 0 Å². The van der Waals surface area contributed by atoms with Crippen LogP contribution in [0, 0.1) is 5.92 Å². The van der Waals surface area contributed by atoms with Gasteiger partial charge in [0.1, 0.15) is 0 Å². The topological polar surface area (TPSA) is 76.0 Å². The minimum Gasteiger partial charge on any atom is -0.396 e. The van der Waals surface area contributed by atoms with E-state index in [1.165, 1.54) is 6.66 Å². The van der Waals surface area contributed by atoms with Crippen molar-refractivity contribution < 1.29 is 23.8 Å². The molecule has 0 radical (unpaired) electrons. The molecule has 0 aromatic carbocycles. The van der Waals surface area contributed by atoms with Gasteiger partial charge in [0.05, 0.1) is 26.4 Å². The monoisotopic (exact) mass is 212 g/mol. The largest absolute Gasteiger partial charge is 0.396 e. The molecule has 0 aliphatic rings. The molecule has 0 heterocycles. The summed E-state index contributed by atoms with van der Waals surface area (Å²) in [7, 11) is -2.99. The molecule has 0 bridgehead atoms. The number of aliphatic hydroxyl groups excluding tert-OH is 2. The van der Waals surface area contributed by atoms with Gasteiger partial charge in [0, 0.05) is 12.6 Å². The molecule has 0 aromatic rings. The molecular formula is C7H17O5P. The van der Waals surface area contributed by atoms with Gasteiger partial charge < -0.3 is 19.3 Å². The van der Waals surface area contributed by atoms with Crippen LogP contribution in [0.15, 0.2) is 0 Å². The van der Waals surface area contributed by atoms with Crippen LogP contribution in [0.5, 0.6) is 0 Å². The van der Waals surface area contributed by atoms with Gasteiger partial charge >= 0.3 is 7.60 Å². The van der Waals surface area contributed by atoms with Crippen molar-refractivity contribution in [2.45, 2.75) is 6.92 Å². The molecule has 0 aromatic heterocycles. The molecule has 6 heteroatoms. The molecule has 0 saturated heterocycles. The fraction of sp³-hybridized carbons (Fsp3) is 1.00. The summed E-state index contributed by atoms with van der Waals surface area (Å²) in [4.78, 5) is 0. The van der Waals surface area contributed by atoms with Crippen molar-refractivity contribution in [2.75, 3.05) is 33.1 Å². The highest BCUT2D eigenvalue weighted by atomic mass is 31.2. The molecule has 2 N–H and O–H groups in total. The maximum atomic E-state index is 11.3. The second-order valence-corrected chi connectivity index (χ2v) is 4.78.